The summed E-state index contributed by atoms with van der Waals surface area (Å²) in [6, 6.07) is 7.31. The van der Waals surface area contributed by atoms with E-state index in [0.717, 1.165) is 23.0 Å². The van der Waals surface area contributed by atoms with Gasteiger partial charge in [0.15, 0.2) is 5.82 Å². The zero-order chi connectivity index (χ0) is 15.6. The maximum atomic E-state index is 5.85. The van der Waals surface area contributed by atoms with Crippen LogP contribution in [0.5, 0.6) is 5.75 Å². The van der Waals surface area contributed by atoms with Gasteiger partial charge in [-0.05, 0) is 37.1 Å². The van der Waals surface area contributed by atoms with Crippen LogP contribution in [0.2, 0.25) is 5.02 Å². The summed E-state index contributed by atoms with van der Waals surface area (Å²) in [5.41, 5.74) is 0.765. The van der Waals surface area contributed by atoms with Crippen LogP contribution in [0.3, 0.4) is 0 Å². The van der Waals surface area contributed by atoms with Crippen molar-refractivity contribution in [2.24, 2.45) is 0 Å². The van der Waals surface area contributed by atoms with Gasteiger partial charge in [0.2, 0.25) is 5.65 Å². The quantitative estimate of drug-likeness (QED) is 0.704. The summed E-state index contributed by atoms with van der Waals surface area (Å²) in [5, 5.41) is 12.5. The standard InChI is InChI=1S/C16H16ClN5O/c17-12-3-5-13(6-4-12)23-10-8-19-14-16-21-20-15(11-1-2-11)22(16)9-7-18-14/h3-7,9,11H,1-2,8,10H2,(H,18,19). The molecule has 1 aromatic carbocycles. The molecule has 1 N–H and O–H groups in total. The third-order valence-corrected chi connectivity index (χ3v) is 4.02. The minimum Gasteiger partial charge on any atom is -0.492 e. The first-order chi connectivity index (χ1) is 11.3. The fourth-order valence-electron chi connectivity index (χ4n) is 2.46. The van der Waals surface area contributed by atoms with E-state index in [-0.39, 0.29) is 0 Å². The Labute approximate surface area is 138 Å². The zero-order valence-corrected chi connectivity index (χ0v) is 13.2. The van der Waals surface area contributed by atoms with Gasteiger partial charge in [-0.3, -0.25) is 4.40 Å². The Morgan fingerprint density at radius 1 is 1.22 bits per heavy atom. The molecule has 2 heterocycles. The van der Waals surface area contributed by atoms with Crippen molar-refractivity contribution in [3.05, 3.63) is 47.5 Å². The molecule has 2 aromatic heterocycles. The zero-order valence-electron chi connectivity index (χ0n) is 12.4. The molecular weight excluding hydrogens is 314 g/mol. The summed E-state index contributed by atoms with van der Waals surface area (Å²) in [5.74, 6) is 3.10. The number of aromatic nitrogens is 4. The third kappa shape index (κ3) is 3.07. The summed E-state index contributed by atoms with van der Waals surface area (Å²) >= 11 is 5.85. The highest BCUT2D eigenvalue weighted by molar-refractivity contribution is 6.30. The van der Waals surface area contributed by atoms with Crippen molar-refractivity contribution >= 4 is 23.1 Å². The number of benzene rings is 1. The predicted molar refractivity (Wildman–Crippen MR) is 88.2 cm³/mol. The second-order valence-corrected chi connectivity index (χ2v) is 5.97. The van der Waals surface area contributed by atoms with Crippen LogP contribution in [0.25, 0.3) is 5.65 Å². The number of ether oxygens (including phenoxy) is 1. The first kappa shape index (κ1) is 14.3. The Bertz CT molecular complexity index is 813. The van der Waals surface area contributed by atoms with E-state index >= 15 is 0 Å². The summed E-state index contributed by atoms with van der Waals surface area (Å²) in [7, 11) is 0. The van der Waals surface area contributed by atoms with Gasteiger partial charge in [0.05, 0.1) is 6.54 Å². The molecule has 23 heavy (non-hydrogen) atoms. The van der Waals surface area contributed by atoms with Crippen molar-refractivity contribution in [3.8, 4) is 5.75 Å². The highest BCUT2D eigenvalue weighted by Crippen LogP contribution is 2.39. The summed E-state index contributed by atoms with van der Waals surface area (Å²) in [6.45, 7) is 1.15. The van der Waals surface area contributed by atoms with Crippen LogP contribution in [0.15, 0.2) is 36.7 Å². The molecule has 6 nitrogen and oxygen atoms in total. The van der Waals surface area contributed by atoms with Gasteiger partial charge in [0.1, 0.15) is 18.2 Å². The lowest BCUT2D eigenvalue weighted by Crippen LogP contribution is -2.13. The minimum atomic E-state index is 0.522. The Morgan fingerprint density at radius 2 is 2.04 bits per heavy atom. The van der Waals surface area contributed by atoms with Gasteiger partial charge in [-0.2, -0.15) is 0 Å². The van der Waals surface area contributed by atoms with Crippen LogP contribution in [-0.2, 0) is 0 Å². The van der Waals surface area contributed by atoms with Crippen LogP contribution >= 0.6 is 11.6 Å². The van der Waals surface area contributed by atoms with Gasteiger partial charge in [-0.1, -0.05) is 11.6 Å². The van der Waals surface area contributed by atoms with E-state index in [9.17, 15) is 0 Å². The van der Waals surface area contributed by atoms with Crippen LogP contribution in [0.4, 0.5) is 5.82 Å². The Morgan fingerprint density at radius 3 is 2.83 bits per heavy atom. The molecule has 3 aromatic rings. The molecule has 4 rings (SSSR count). The van der Waals surface area contributed by atoms with Gasteiger partial charge in [0.25, 0.3) is 0 Å². The molecule has 0 unspecified atom stereocenters. The average Bonchev–Trinajstić information content (AvgIpc) is 3.32. The number of nitrogens with one attached hydrogen (secondary N) is 1. The van der Waals surface area contributed by atoms with Crippen molar-refractivity contribution in [1.82, 2.24) is 19.6 Å². The van der Waals surface area contributed by atoms with E-state index in [1.165, 1.54) is 12.8 Å². The normalized spacial score (nSPS) is 14.1. The van der Waals surface area contributed by atoms with E-state index in [2.05, 4.69) is 20.5 Å². The van der Waals surface area contributed by atoms with Crippen LogP contribution in [0, 0.1) is 0 Å². The minimum absolute atomic E-state index is 0.522. The molecule has 0 saturated heterocycles. The Balaban J connectivity index is 1.39. The molecule has 0 radical (unpaired) electrons. The predicted octanol–water partition coefficient (Wildman–Crippen LogP) is 3.15. The Kier molecular flexibility index (Phi) is 3.75. The molecule has 0 aliphatic heterocycles. The number of rotatable bonds is 6. The van der Waals surface area contributed by atoms with Crippen molar-refractivity contribution in [2.45, 2.75) is 18.8 Å². The van der Waals surface area contributed by atoms with Crippen molar-refractivity contribution < 1.29 is 4.74 Å². The van der Waals surface area contributed by atoms with E-state index in [4.69, 9.17) is 16.3 Å². The summed E-state index contributed by atoms with van der Waals surface area (Å²) in [4.78, 5) is 4.35. The van der Waals surface area contributed by atoms with E-state index in [0.29, 0.717) is 24.1 Å². The SMILES string of the molecule is Clc1ccc(OCCNc2nccn3c(C4CC4)nnc23)cc1. The first-order valence-corrected chi connectivity index (χ1v) is 8.01. The molecule has 1 aliphatic carbocycles. The second kappa shape index (κ2) is 6.04. The monoisotopic (exact) mass is 329 g/mol. The molecule has 1 aliphatic rings. The molecule has 118 valence electrons. The van der Waals surface area contributed by atoms with Crippen LogP contribution in [-0.4, -0.2) is 32.7 Å². The van der Waals surface area contributed by atoms with Crippen molar-refractivity contribution in [2.75, 3.05) is 18.5 Å². The fraction of sp³-hybridized carbons (Fsp3) is 0.312. The molecule has 1 saturated carbocycles. The maximum absolute atomic E-state index is 5.85. The van der Waals surface area contributed by atoms with E-state index in [1.54, 1.807) is 6.20 Å². The van der Waals surface area contributed by atoms with Gasteiger partial charge in [-0.15, -0.1) is 10.2 Å². The smallest absolute Gasteiger partial charge is 0.203 e. The third-order valence-electron chi connectivity index (χ3n) is 3.77. The van der Waals surface area contributed by atoms with Gasteiger partial charge in [0, 0.05) is 23.3 Å². The first-order valence-electron chi connectivity index (χ1n) is 7.63. The highest BCUT2D eigenvalue weighted by atomic mass is 35.5. The van der Waals surface area contributed by atoms with Crippen LogP contribution < -0.4 is 10.1 Å². The van der Waals surface area contributed by atoms with Gasteiger partial charge < -0.3 is 10.1 Å². The fourth-order valence-corrected chi connectivity index (χ4v) is 2.58. The topological polar surface area (TPSA) is 64.3 Å². The van der Waals surface area contributed by atoms with Gasteiger partial charge >= 0.3 is 0 Å². The number of anilines is 1. The number of hydrogen-bond acceptors (Lipinski definition) is 5. The van der Waals surface area contributed by atoms with E-state index in [1.807, 2.05) is 34.9 Å². The lowest BCUT2D eigenvalue weighted by atomic mass is 10.3. The van der Waals surface area contributed by atoms with E-state index < -0.39 is 0 Å². The number of nitrogens with zero attached hydrogens (tertiary/aromatic N) is 4. The van der Waals surface area contributed by atoms with Crippen molar-refractivity contribution in [3.63, 3.8) is 0 Å². The van der Waals surface area contributed by atoms with Crippen molar-refractivity contribution in [1.29, 1.82) is 0 Å². The largest absolute Gasteiger partial charge is 0.492 e. The average molecular weight is 330 g/mol. The molecule has 0 bridgehead atoms. The summed E-state index contributed by atoms with van der Waals surface area (Å²) in [6.07, 6.45) is 6.07. The number of fused-ring (bicyclic) bond motifs is 1. The highest BCUT2D eigenvalue weighted by Gasteiger charge is 2.29. The summed E-state index contributed by atoms with van der Waals surface area (Å²) < 4.78 is 7.68. The lowest BCUT2D eigenvalue weighted by Gasteiger charge is -2.08. The molecule has 0 amide bonds. The molecular formula is C16H16ClN5O. The Hall–Kier alpha value is -2.34. The molecule has 7 heteroatoms. The van der Waals surface area contributed by atoms with Gasteiger partial charge in [-0.25, -0.2) is 4.98 Å². The number of halogens is 1. The number of hydrogen-bond donors (Lipinski definition) is 1. The molecule has 0 atom stereocenters. The molecule has 1 fully saturated rings. The molecule has 0 spiro atoms. The lowest BCUT2D eigenvalue weighted by molar-refractivity contribution is 0.333. The second-order valence-electron chi connectivity index (χ2n) is 5.53. The maximum Gasteiger partial charge on any atom is 0.203 e. The van der Waals surface area contributed by atoms with Crippen LogP contribution in [0.1, 0.15) is 24.6 Å².